The molecule has 21 heavy (non-hydrogen) atoms. The van der Waals surface area contributed by atoms with Gasteiger partial charge < -0.3 is 5.32 Å². The molecule has 3 rings (SSSR count). The smallest absolute Gasteiger partial charge is 0.223 e. The molecular formula is C18H30BrNO. The van der Waals surface area contributed by atoms with Gasteiger partial charge in [-0.25, -0.2) is 0 Å². The first-order valence-electron chi connectivity index (χ1n) is 9.14. The van der Waals surface area contributed by atoms with Crippen LogP contribution in [0, 0.1) is 23.7 Å². The molecule has 0 aromatic rings. The molecule has 3 aliphatic rings. The lowest BCUT2D eigenvalue weighted by atomic mass is 9.67. The topological polar surface area (TPSA) is 29.1 Å². The number of hydrogen-bond donors (Lipinski definition) is 1. The minimum absolute atomic E-state index is 0.308. The number of carbonyl (C=O) groups is 1. The molecule has 0 aliphatic heterocycles. The van der Waals surface area contributed by atoms with Crippen molar-refractivity contribution < 1.29 is 4.79 Å². The summed E-state index contributed by atoms with van der Waals surface area (Å²) in [5.74, 6) is 3.11. The Morgan fingerprint density at radius 1 is 0.905 bits per heavy atom. The van der Waals surface area contributed by atoms with Crippen molar-refractivity contribution in [3.63, 3.8) is 0 Å². The monoisotopic (exact) mass is 355 g/mol. The van der Waals surface area contributed by atoms with Crippen molar-refractivity contribution in [3.05, 3.63) is 0 Å². The largest absolute Gasteiger partial charge is 0.353 e. The molecule has 0 spiro atoms. The van der Waals surface area contributed by atoms with Gasteiger partial charge in [0.15, 0.2) is 0 Å². The third-order valence-corrected chi connectivity index (χ3v) is 7.18. The first kappa shape index (κ1) is 15.8. The van der Waals surface area contributed by atoms with Crippen LogP contribution in [0.1, 0.15) is 70.6 Å². The van der Waals surface area contributed by atoms with Crippen LogP contribution in [0.15, 0.2) is 0 Å². The van der Waals surface area contributed by atoms with Crippen LogP contribution in [0.2, 0.25) is 0 Å². The zero-order valence-electron chi connectivity index (χ0n) is 13.2. The Bertz CT molecular complexity index is 359. The molecule has 0 aromatic heterocycles. The van der Waals surface area contributed by atoms with E-state index in [4.69, 9.17) is 0 Å². The molecule has 0 saturated heterocycles. The second-order valence-corrected chi connectivity index (χ2v) is 8.28. The summed E-state index contributed by atoms with van der Waals surface area (Å²) >= 11 is 3.63. The minimum atomic E-state index is 0.308. The van der Waals surface area contributed by atoms with Crippen LogP contribution < -0.4 is 5.32 Å². The molecule has 3 saturated carbocycles. The molecule has 5 unspecified atom stereocenters. The molecule has 1 N–H and O–H groups in total. The van der Waals surface area contributed by atoms with Gasteiger partial charge in [-0.15, -0.1) is 0 Å². The summed E-state index contributed by atoms with van der Waals surface area (Å²) in [6, 6.07) is 0.426. The number of amides is 1. The number of nitrogens with one attached hydrogen (secondary N) is 1. The maximum absolute atomic E-state index is 12.7. The number of rotatable bonds is 3. The van der Waals surface area contributed by atoms with Gasteiger partial charge in [0, 0.05) is 17.3 Å². The molecule has 1 amide bonds. The SMILES string of the molecule is O=C(NC1CCCCC1CBr)C1CCC2CCCCC2C1. The van der Waals surface area contributed by atoms with Crippen molar-refractivity contribution in [1.29, 1.82) is 0 Å². The molecule has 0 aromatic carbocycles. The number of carbonyl (C=O) groups excluding carboxylic acids is 1. The maximum Gasteiger partial charge on any atom is 0.223 e. The highest BCUT2D eigenvalue weighted by molar-refractivity contribution is 9.09. The maximum atomic E-state index is 12.7. The summed E-state index contributed by atoms with van der Waals surface area (Å²) in [7, 11) is 0. The lowest BCUT2D eigenvalue weighted by Gasteiger charge is -2.39. The zero-order chi connectivity index (χ0) is 14.7. The Morgan fingerprint density at radius 3 is 2.43 bits per heavy atom. The van der Waals surface area contributed by atoms with E-state index in [9.17, 15) is 4.79 Å². The van der Waals surface area contributed by atoms with Gasteiger partial charge in [-0.2, -0.15) is 0 Å². The van der Waals surface area contributed by atoms with Crippen molar-refractivity contribution in [2.75, 3.05) is 5.33 Å². The fraction of sp³-hybridized carbons (Fsp3) is 0.944. The normalized spacial score (nSPS) is 40.3. The molecule has 0 heterocycles. The van der Waals surface area contributed by atoms with E-state index in [1.54, 1.807) is 0 Å². The van der Waals surface area contributed by atoms with Gasteiger partial charge in [-0.1, -0.05) is 54.5 Å². The van der Waals surface area contributed by atoms with E-state index in [0.717, 1.165) is 23.6 Å². The average Bonchev–Trinajstić information content (AvgIpc) is 2.55. The predicted octanol–water partition coefficient (Wildman–Crippen LogP) is 4.66. The van der Waals surface area contributed by atoms with E-state index in [2.05, 4.69) is 21.2 Å². The van der Waals surface area contributed by atoms with E-state index in [1.165, 1.54) is 64.2 Å². The molecule has 3 fully saturated rings. The molecule has 5 atom stereocenters. The van der Waals surface area contributed by atoms with Gasteiger partial charge in [0.1, 0.15) is 0 Å². The number of hydrogen-bond acceptors (Lipinski definition) is 1. The third-order valence-electron chi connectivity index (χ3n) is 6.35. The van der Waals surface area contributed by atoms with E-state index < -0.39 is 0 Å². The zero-order valence-corrected chi connectivity index (χ0v) is 14.7. The molecular weight excluding hydrogens is 326 g/mol. The fourth-order valence-electron chi connectivity index (χ4n) is 4.99. The molecule has 0 bridgehead atoms. The Kier molecular flexibility index (Phi) is 5.64. The molecule has 0 radical (unpaired) electrons. The summed E-state index contributed by atoms with van der Waals surface area (Å²) in [6.45, 7) is 0. The summed E-state index contributed by atoms with van der Waals surface area (Å²) in [6.07, 6.45) is 14.3. The number of fused-ring (bicyclic) bond motifs is 1. The molecule has 2 nitrogen and oxygen atoms in total. The van der Waals surface area contributed by atoms with Gasteiger partial charge in [0.05, 0.1) is 0 Å². The van der Waals surface area contributed by atoms with Crippen LogP contribution in [-0.4, -0.2) is 17.3 Å². The van der Waals surface area contributed by atoms with Crippen LogP contribution >= 0.6 is 15.9 Å². The van der Waals surface area contributed by atoms with Gasteiger partial charge in [0.25, 0.3) is 0 Å². The molecule has 3 aliphatic carbocycles. The Labute approximate surface area is 138 Å². The van der Waals surface area contributed by atoms with Crippen LogP contribution in [-0.2, 0) is 4.79 Å². The first-order valence-corrected chi connectivity index (χ1v) is 10.3. The Hall–Kier alpha value is -0.0500. The van der Waals surface area contributed by atoms with E-state index in [0.29, 0.717) is 23.8 Å². The lowest BCUT2D eigenvalue weighted by Crippen LogP contribution is -2.46. The Morgan fingerprint density at radius 2 is 1.62 bits per heavy atom. The standard InChI is InChI=1S/C18H30BrNO/c19-12-16-7-3-4-8-17(16)20-18(21)15-10-9-13-5-1-2-6-14(13)11-15/h13-17H,1-12H2,(H,20,21). The van der Waals surface area contributed by atoms with Crippen LogP contribution in [0.25, 0.3) is 0 Å². The van der Waals surface area contributed by atoms with Crippen molar-refractivity contribution in [1.82, 2.24) is 5.32 Å². The van der Waals surface area contributed by atoms with Crippen molar-refractivity contribution >= 4 is 21.8 Å². The van der Waals surface area contributed by atoms with E-state index in [1.807, 2.05) is 0 Å². The van der Waals surface area contributed by atoms with Crippen molar-refractivity contribution in [2.24, 2.45) is 23.7 Å². The summed E-state index contributed by atoms with van der Waals surface area (Å²) < 4.78 is 0. The average molecular weight is 356 g/mol. The third kappa shape index (κ3) is 3.83. The van der Waals surface area contributed by atoms with Gasteiger partial charge in [0.2, 0.25) is 5.91 Å². The van der Waals surface area contributed by atoms with Gasteiger partial charge in [-0.3, -0.25) is 4.79 Å². The van der Waals surface area contributed by atoms with Crippen LogP contribution in [0.4, 0.5) is 0 Å². The van der Waals surface area contributed by atoms with Crippen molar-refractivity contribution in [2.45, 2.75) is 76.7 Å². The summed E-state index contributed by atoms with van der Waals surface area (Å²) in [5, 5.41) is 4.45. The van der Waals surface area contributed by atoms with E-state index >= 15 is 0 Å². The van der Waals surface area contributed by atoms with Crippen molar-refractivity contribution in [3.8, 4) is 0 Å². The lowest BCUT2D eigenvalue weighted by molar-refractivity contribution is -0.128. The predicted molar refractivity (Wildman–Crippen MR) is 90.5 cm³/mol. The number of alkyl halides is 1. The van der Waals surface area contributed by atoms with Crippen LogP contribution in [0.5, 0.6) is 0 Å². The highest BCUT2D eigenvalue weighted by Crippen LogP contribution is 2.42. The van der Waals surface area contributed by atoms with Gasteiger partial charge >= 0.3 is 0 Å². The molecule has 3 heteroatoms. The Balaban J connectivity index is 1.53. The first-order chi connectivity index (χ1) is 10.3. The second-order valence-electron chi connectivity index (χ2n) is 7.63. The quantitative estimate of drug-likeness (QED) is 0.732. The van der Waals surface area contributed by atoms with E-state index in [-0.39, 0.29) is 0 Å². The minimum Gasteiger partial charge on any atom is -0.353 e. The van der Waals surface area contributed by atoms with Gasteiger partial charge in [-0.05, 0) is 49.9 Å². The highest BCUT2D eigenvalue weighted by atomic mass is 79.9. The number of halogens is 1. The summed E-state index contributed by atoms with van der Waals surface area (Å²) in [4.78, 5) is 12.7. The highest BCUT2D eigenvalue weighted by Gasteiger charge is 2.36. The fourth-order valence-corrected chi connectivity index (χ4v) is 5.77. The molecule has 120 valence electrons. The van der Waals surface area contributed by atoms with Crippen LogP contribution in [0.3, 0.4) is 0 Å². The second kappa shape index (κ2) is 7.48. The summed E-state index contributed by atoms with van der Waals surface area (Å²) in [5.41, 5.74) is 0.